The highest BCUT2D eigenvalue weighted by Crippen LogP contribution is 2.24. The van der Waals surface area contributed by atoms with Gasteiger partial charge in [0.05, 0.1) is 6.54 Å². The molecule has 0 saturated carbocycles. The third-order valence-corrected chi connectivity index (χ3v) is 4.95. The molecule has 0 aliphatic heterocycles. The Labute approximate surface area is 167 Å². The molecule has 0 aliphatic carbocycles. The molecule has 0 unspecified atom stereocenters. The molecule has 4 rings (SSSR count). The van der Waals surface area contributed by atoms with Crippen LogP contribution < -0.4 is 5.32 Å². The van der Waals surface area contributed by atoms with Crippen LogP contribution in [-0.2, 0) is 17.9 Å². The minimum Gasteiger partial charge on any atom is -0.354 e. The molecule has 4 aromatic rings. The van der Waals surface area contributed by atoms with Crippen LogP contribution in [0.1, 0.15) is 23.7 Å². The monoisotopic (exact) mass is 393 g/mol. The summed E-state index contributed by atoms with van der Waals surface area (Å²) in [6.07, 6.45) is 6.27. The maximum absolute atomic E-state index is 12.6. The van der Waals surface area contributed by atoms with Crippen molar-refractivity contribution >= 4 is 23.2 Å². The van der Waals surface area contributed by atoms with Crippen LogP contribution >= 0.6 is 11.6 Å². The number of hydrogen-bond acceptors (Lipinski definition) is 3. The zero-order valence-corrected chi connectivity index (χ0v) is 16.0. The van der Waals surface area contributed by atoms with Gasteiger partial charge in [-0.15, -0.1) is 10.2 Å². The number of aromatic nitrogens is 4. The van der Waals surface area contributed by atoms with Crippen LogP contribution in [0.25, 0.3) is 5.65 Å². The zero-order valence-electron chi connectivity index (χ0n) is 15.2. The molecule has 0 spiro atoms. The lowest BCUT2D eigenvalue weighted by Crippen LogP contribution is -2.26. The Hall–Kier alpha value is -3.12. The fourth-order valence-electron chi connectivity index (χ4n) is 3.25. The van der Waals surface area contributed by atoms with Crippen LogP contribution in [0, 0.1) is 0 Å². The van der Waals surface area contributed by atoms with Crippen molar-refractivity contribution < 1.29 is 4.79 Å². The third kappa shape index (κ3) is 4.23. The van der Waals surface area contributed by atoms with Crippen LogP contribution in [0.5, 0.6) is 0 Å². The quantitative estimate of drug-likeness (QED) is 0.521. The van der Waals surface area contributed by atoms with Crippen molar-refractivity contribution in [2.75, 3.05) is 0 Å². The predicted molar refractivity (Wildman–Crippen MR) is 108 cm³/mol. The number of halogens is 1. The molecule has 0 radical (unpaired) electrons. The number of pyridine rings is 1. The lowest BCUT2D eigenvalue weighted by molar-refractivity contribution is -0.121. The van der Waals surface area contributed by atoms with E-state index >= 15 is 0 Å². The summed E-state index contributed by atoms with van der Waals surface area (Å²) >= 11 is 6.02. The van der Waals surface area contributed by atoms with E-state index in [2.05, 4.69) is 20.1 Å². The lowest BCUT2D eigenvalue weighted by Gasteiger charge is -2.18. The molecule has 0 fully saturated rings. The summed E-state index contributed by atoms with van der Waals surface area (Å²) in [6, 6.07) is 17.3. The molecule has 3 heterocycles. The first kappa shape index (κ1) is 18.3. The van der Waals surface area contributed by atoms with Crippen LogP contribution in [0.15, 0.2) is 73.2 Å². The summed E-state index contributed by atoms with van der Waals surface area (Å²) in [5.41, 5.74) is 1.85. The smallest absolute Gasteiger partial charge is 0.221 e. The summed E-state index contributed by atoms with van der Waals surface area (Å²) in [5.74, 6) is 0.719. The number of fused-ring (bicyclic) bond motifs is 1. The molecule has 28 heavy (non-hydrogen) atoms. The molecular weight excluding hydrogens is 374 g/mol. The third-order valence-electron chi connectivity index (χ3n) is 4.70. The average molecular weight is 394 g/mol. The van der Waals surface area contributed by atoms with Gasteiger partial charge in [-0.1, -0.05) is 29.8 Å². The standard InChI is InChI=1S/C21H20ClN5O/c22-18-8-6-16(7-9-18)17(15-26-10-3-4-11-26)13-21(28)23-14-20-25-24-19-5-1-2-12-27(19)20/h1-12,17H,13-15H2,(H,23,28)/t17-/m1/s1. The topological polar surface area (TPSA) is 64.2 Å². The summed E-state index contributed by atoms with van der Waals surface area (Å²) < 4.78 is 3.95. The van der Waals surface area contributed by atoms with Gasteiger partial charge in [0, 0.05) is 42.5 Å². The fourth-order valence-corrected chi connectivity index (χ4v) is 3.38. The van der Waals surface area contributed by atoms with Gasteiger partial charge in [0.25, 0.3) is 0 Å². The van der Waals surface area contributed by atoms with Gasteiger partial charge in [-0.25, -0.2) is 0 Å². The number of rotatable bonds is 7. The van der Waals surface area contributed by atoms with E-state index < -0.39 is 0 Å². The minimum atomic E-state index is -0.0280. The van der Waals surface area contributed by atoms with E-state index in [0.29, 0.717) is 23.8 Å². The Balaban J connectivity index is 1.44. The van der Waals surface area contributed by atoms with Gasteiger partial charge in [0.1, 0.15) is 0 Å². The van der Waals surface area contributed by atoms with Gasteiger partial charge >= 0.3 is 0 Å². The van der Waals surface area contributed by atoms with E-state index in [1.807, 2.05) is 77.6 Å². The Morgan fingerprint density at radius 3 is 2.54 bits per heavy atom. The Morgan fingerprint density at radius 1 is 1.00 bits per heavy atom. The first-order chi connectivity index (χ1) is 13.7. The van der Waals surface area contributed by atoms with Crippen molar-refractivity contribution in [3.05, 3.63) is 89.6 Å². The molecule has 6 nitrogen and oxygen atoms in total. The van der Waals surface area contributed by atoms with Crippen molar-refractivity contribution in [3.63, 3.8) is 0 Å². The lowest BCUT2D eigenvalue weighted by atomic mass is 9.95. The van der Waals surface area contributed by atoms with Gasteiger partial charge in [0.2, 0.25) is 5.91 Å². The predicted octanol–water partition coefficient (Wildman–Crippen LogP) is 3.67. The van der Waals surface area contributed by atoms with E-state index in [4.69, 9.17) is 11.6 Å². The molecule has 3 aromatic heterocycles. The van der Waals surface area contributed by atoms with E-state index in [0.717, 1.165) is 17.8 Å². The van der Waals surface area contributed by atoms with Gasteiger partial charge in [-0.2, -0.15) is 0 Å². The number of benzene rings is 1. The molecule has 0 bridgehead atoms. The van der Waals surface area contributed by atoms with E-state index in [1.165, 1.54) is 0 Å². The second kappa shape index (κ2) is 8.27. The van der Waals surface area contributed by atoms with Crippen molar-refractivity contribution in [1.82, 2.24) is 24.5 Å². The van der Waals surface area contributed by atoms with Crippen LogP contribution in [0.3, 0.4) is 0 Å². The Morgan fingerprint density at radius 2 is 1.75 bits per heavy atom. The second-order valence-electron chi connectivity index (χ2n) is 6.65. The van der Waals surface area contributed by atoms with Crippen molar-refractivity contribution in [1.29, 1.82) is 0 Å². The number of nitrogens with one attached hydrogen (secondary N) is 1. The van der Waals surface area contributed by atoms with E-state index in [9.17, 15) is 4.79 Å². The Bertz CT molecular complexity index is 1060. The number of hydrogen-bond donors (Lipinski definition) is 1. The zero-order chi connectivity index (χ0) is 19.3. The van der Waals surface area contributed by atoms with Crippen LogP contribution in [-0.4, -0.2) is 25.1 Å². The summed E-state index contributed by atoms with van der Waals surface area (Å²) in [5, 5.41) is 11.9. The van der Waals surface area contributed by atoms with Crippen molar-refractivity contribution in [3.8, 4) is 0 Å². The molecule has 1 atom stereocenters. The van der Waals surface area contributed by atoms with Gasteiger partial charge < -0.3 is 9.88 Å². The summed E-state index contributed by atoms with van der Waals surface area (Å²) in [6.45, 7) is 1.05. The number of carbonyl (C=O) groups is 1. The van der Waals surface area contributed by atoms with Gasteiger partial charge in [-0.3, -0.25) is 9.20 Å². The minimum absolute atomic E-state index is 0.0280. The molecule has 1 N–H and O–H groups in total. The molecule has 7 heteroatoms. The highest BCUT2D eigenvalue weighted by atomic mass is 35.5. The maximum Gasteiger partial charge on any atom is 0.221 e. The van der Waals surface area contributed by atoms with Gasteiger partial charge in [-0.05, 0) is 42.0 Å². The number of carbonyl (C=O) groups excluding carboxylic acids is 1. The molecule has 0 aliphatic rings. The van der Waals surface area contributed by atoms with Crippen LogP contribution in [0.2, 0.25) is 5.02 Å². The largest absolute Gasteiger partial charge is 0.354 e. The maximum atomic E-state index is 12.6. The molecule has 1 aromatic carbocycles. The normalized spacial score (nSPS) is 12.2. The summed E-state index contributed by atoms with van der Waals surface area (Å²) in [4.78, 5) is 12.6. The highest BCUT2D eigenvalue weighted by Gasteiger charge is 2.17. The van der Waals surface area contributed by atoms with E-state index in [-0.39, 0.29) is 11.8 Å². The molecule has 0 saturated heterocycles. The van der Waals surface area contributed by atoms with Crippen molar-refractivity contribution in [2.24, 2.45) is 0 Å². The highest BCUT2D eigenvalue weighted by molar-refractivity contribution is 6.30. The number of amides is 1. The van der Waals surface area contributed by atoms with Gasteiger partial charge in [0.15, 0.2) is 11.5 Å². The Kier molecular flexibility index (Phi) is 5.39. The fraction of sp³-hybridized carbons (Fsp3) is 0.190. The molecule has 1 amide bonds. The van der Waals surface area contributed by atoms with Crippen LogP contribution in [0.4, 0.5) is 0 Å². The second-order valence-corrected chi connectivity index (χ2v) is 7.09. The first-order valence-corrected chi connectivity index (χ1v) is 9.48. The molecular formula is C21H20ClN5O. The summed E-state index contributed by atoms with van der Waals surface area (Å²) in [7, 11) is 0. The first-order valence-electron chi connectivity index (χ1n) is 9.10. The molecule has 142 valence electrons. The average Bonchev–Trinajstić information content (AvgIpc) is 3.36. The van der Waals surface area contributed by atoms with Crippen molar-refractivity contribution in [2.45, 2.75) is 25.4 Å². The number of nitrogens with zero attached hydrogens (tertiary/aromatic N) is 4. The SMILES string of the molecule is O=C(C[C@H](Cn1cccc1)c1ccc(Cl)cc1)NCc1nnc2ccccn12. The van der Waals surface area contributed by atoms with E-state index in [1.54, 1.807) is 0 Å².